The monoisotopic (exact) mass is 392 g/mol. The molecule has 96 valence electrons. The zero-order chi connectivity index (χ0) is 9.98. The normalized spacial score (nSPS) is 8.00. The van der Waals surface area contributed by atoms with Gasteiger partial charge in [0.25, 0.3) is 0 Å². The first-order valence-corrected chi connectivity index (χ1v) is 4.76. The molecule has 15 heavy (non-hydrogen) atoms. The molecule has 0 aromatic rings. The standard InChI is InChI=1S/2C5H12O.Hf.2H2O/c2*1-5(2)3-4-6;;;/h2*5-6H,3-4H2,1-2H3;;2*1H2. The first-order valence-electron chi connectivity index (χ1n) is 4.76. The average molecular weight is 391 g/mol. The van der Waals surface area contributed by atoms with E-state index in [0.717, 1.165) is 12.8 Å². The van der Waals surface area contributed by atoms with Gasteiger partial charge in [-0.2, -0.15) is 0 Å². The molecule has 0 aliphatic heterocycles. The van der Waals surface area contributed by atoms with Crippen molar-refractivity contribution in [2.24, 2.45) is 11.8 Å². The van der Waals surface area contributed by atoms with Gasteiger partial charge in [-0.1, -0.05) is 27.7 Å². The van der Waals surface area contributed by atoms with Gasteiger partial charge in [-0.3, -0.25) is 0 Å². The zero-order valence-electron chi connectivity index (χ0n) is 10.4. The van der Waals surface area contributed by atoms with Gasteiger partial charge in [0.1, 0.15) is 0 Å². The molecule has 0 fully saturated rings. The van der Waals surface area contributed by atoms with Crippen LogP contribution in [0.4, 0.5) is 0 Å². The Morgan fingerprint density at radius 1 is 0.733 bits per heavy atom. The van der Waals surface area contributed by atoms with E-state index < -0.39 is 0 Å². The minimum Gasteiger partial charge on any atom is -0.412 e. The maximum absolute atomic E-state index is 8.24. The van der Waals surface area contributed by atoms with E-state index in [1.165, 1.54) is 0 Å². The van der Waals surface area contributed by atoms with E-state index in [1.54, 1.807) is 0 Å². The van der Waals surface area contributed by atoms with Crippen LogP contribution in [0.25, 0.3) is 0 Å². The molecule has 0 unspecified atom stereocenters. The zero-order valence-corrected chi connectivity index (χ0v) is 14.0. The van der Waals surface area contributed by atoms with Crippen LogP contribution in [0.1, 0.15) is 40.5 Å². The summed E-state index contributed by atoms with van der Waals surface area (Å²) in [4.78, 5) is 0. The van der Waals surface area contributed by atoms with Crippen molar-refractivity contribution in [3.05, 3.63) is 0 Å². The molecular weight excluding hydrogens is 363 g/mol. The fourth-order valence-electron chi connectivity index (χ4n) is 0.516. The smallest absolute Gasteiger partial charge is 0.0433 e. The summed E-state index contributed by atoms with van der Waals surface area (Å²) in [6.45, 7) is 9.04. The summed E-state index contributed by atoms with van der Waals surface area (Å²) in [6, 6.07) is 0. The number of aliphatic hydroxyl groups is 2. The largest absolute Gasteiger partial charge is 0.412 e. The Kier molecular flexibility index (Phi) is 47.6. The van der Waals surface area contributed by atoms with Crippen LogP contribution < -0.4 is 0 Å². The Bertz CT molecular complexity index is 69.8. The first kappa shape index (κ1) is 29.6. The molecule has 0 rings (SSSR count). The van der Waals surface area contributed by atoms with E-state index >= 15 is 0 Å². The third-order valence-corrected chi connectivity index (χ3v) is 1.41. The molecule has 0 amide bonds. The van der Waals surface area contributed by atoms with Gasteiger partial charge < -0.3 is 21.2 Å². The minimum absolute atomic E-state index is 0. The van der Waals surface area contributed by atoms with Gasteiger partial charge in [-0.05, 0) is 24.7 Å². The van der Waals surface area contributed by atoms with Gasteiger partial charge in [0.15, 0.2) is 0 Å². The van der Waals surface area contributed by atoms with Gasteiger partial charge in [-0.15, -0.1) is 0 Å². The Labute approximate surface area is 112 Å². The second-order valence-corrected chi connectivity index (χ2v) is 3.81. The van der Waals surface area contributed by atoms with Gasteiger partial charge in [-0.25, -0.2) is 0 Å². The van der Waals surface area contributed by atoms with Crippen molar-refractivity contribution < 1.29 is 47.0 Å². The van der Waals surface area contributed by atoms with E-state index in [4.69, 9.17) is 10.2 Å². The first-order chi connectivity index (χ1) is 5.54. The van der Waals surface area contributed by atoms with E-state index in [1.807, 2.05) is 0 Å². The van der Waals surface area contributed by atoms with E-state index in [9.17, 15) is 0 Å². The summed E-state index contributed by atoms with van der Waals surface area (Å²) in [5, 5.41) is 16.5. The molecule has 0 heterocycles. The molecule has 0 saturated heterocycles. The Hall–Kier alpha value is 0.710. The van der Waals surface area contributed by atoms with Crippen molar-refractivity contribution in [3.63, 3.8) is 0 Å². The summed E-state index contributed by atoms with van der Waals surface area (Å²) in [5.74, 6) is 1.30. The molecule has 0 radical (unpaired) electrons. The van der Waals surface area contributed by atoms with Crippen LogP contribution in [0.15, 0.2) is 0 Å². The van der Waals surface area contributed by atoms with E-state index in [-0.39, 0.29) is 36.8 Å². The van der Waals surface area contributed by atoms with Crippen molar-refractivity contribution in [2.45, 2.75) is 40.5 Å². The van der Waals surface area contributed by atoms with E-state index in [0.29, 0.717) is 25.0 Å². The van der Waals surface area contributed by atoms with Gasteiger partial charge in [0.05, 0.1) is 0 Å². The molecular formula is C10H28HfO4. The summed E-state index contributed by atoms with van der Waals surface area (Å²) < 4.78 is 0. The van der Waals surface area contributed by atoms with Crippen LogP contribution in [-0.2, 0) is 25.8 Å². The molecule has 0 aromatic heterocycles. The second kappa shape index (κ2) is 24.1. The predicted molar refractivity (Wildman–Crippen MR) is 60.3 cm³/mol. The molecule has 0 spiro atoms. The minimum atomic E-state index is 0. The second-order valence-electron chi connectivity index (χ2n) is 3.81. The Morgan fingerprint density at radius 2 is 0.933 bits per heavy atom. The average Bonchev–Trinajstić information content (AvgIpc) is 1.87. The van der Waals surface area contributed by atoms with Crippen LogP contribution in [0, 0.1) is 11.8 Å². The third-order valence-electron chi connectivity index (χ3n) is 1.41. The molecule has 0 aromatic carbocycles. The number of hydrogen-bond donors (Lipinski definition) is 2. The number of hydrogen-bond acceptors (Lipinski definition) is 2. The molecule has 4 nitrogen and oxygen atoms in total. The maximum Gasteiger partial charge on any atom is 0.0433 e. The molecule has 0 bridgehead atoms. The Morgan fingerprint density at radius 3 is 0.933 bits per heavy atom. The van der Waals surface area contributed by atoms with Crippen molar-refractivity contribution >= 4 is 0 Å². The molecule has 5 heteroatoms. The summed E-state index contributed by atoms with van der Waals surface area (Å²) in [5.41, 5.74) is 0. The van der Waals surface area contributed by atoms with E-state index in [2.05, 4.69) is 27.7 Å². The van der Waals surface area contributed by atoms with Crippen molar-refractivity contribution in [1.82, 2.24) is 0 Å². The van der Waals surface area contributed by atoms with Crippen molar-refractivity contribution in [2.75, 3.05) is 13.2 Å². The summed E-state index contributed by atoms with van der Waals surface area (Å²) in [6.07, 6.45) is 1.86. The predicted octanol–water partition coefficient (Wildman–Crippen LogP) is 0.398. The topological polar surface area (TPSA) is 103 Å². The molecule has 0 saturated carbocycles. The summed E-state index contributed by atoms with van der Waals surface area (Å²) in [7, 11) is 0. The fraction of sp³-hybridized carbons (Fsp3) is 1.00. The number of rotatable bonds is 4. The third kappa shape index (κ3) is 52.8. The Balaban J connectivity index is -0.0000000370. The van der Waals surface area contributed by atoms with Crippen LogP contribution in [0.2, 0.25) is 0 Å². The van der Waals surface area contributed by atoms with Crippen LogP contribution in [-0.4, -0.2) is 34.4 Å². The fourth-order valence-corrected chi connectivity index (χ4v) is 0.516. The van der Waals surface area contributed by atoms with Crippen LogP contribution in [0.5, 0.6) is 0 Å². The SMILES string of the molecule is CC(C)CCO.CC(C)CCO.O.O.[Hf]. The summed E-state index contributed by atoms with van der Waals surface area (Å²) >= 11 is 0. The van der Waals surface area contributed by atoms with Gasteiger partial charge in [0, 0.05) is 39.1 Å². The molecule has 0 aliphatic carbocycles. The van der Waals surface area contributed by atoms with Crippen molar-refractivity contribution in [3.8, 4) is 0 Å². The molecule has 0 atom stereocenters. The van der Waals surface area contributed by atoms with Crippen molar-refractivity contribution in [1.29, 1.82) is 0 Å². The van der Waals surface area contributed by atoms with Gasteiger partial charge >= 0.3 is 0 Å². The maximum atomic E-state index is 8.24. The number of aliphatic hydroxyl groups excluding tert-OH is 2. The van der Waals surface area contributed by atoms with Crippen LogP contribution >= 0.6 is 0 Å². The van der Waals surface area contributed by atoms with Gasteiger partial charge in [0.2, 0.25) is 0 Å². The molecule has 6 N–H and O–H groups in total. The quantitative estimate of drug-likeness (QED) is 0.678. The van der Waals surface area contributed by atoms with Crippen LogP contribution in [0.3, 0.4) is 0 Å². The molecule has 0 aliphatic rings.